The van der Waals surface area contributed by atoms with E-state index in [1.807, 2.05) is 13.8 Å². The third kappa shape index (κ3) is 3.64. The fourth-order valence-corrected chi connectivity index (χ4v) is 3.15. The van der Waals surface area contributed by atoms with Gasteiger partial charge in [-0.1, -0.05) is 0 Å². The number of halogens is 2. The van der Waals surface area contributed by atoms with Gasteiger partial charge in [-0.3, -0.25) is 0 Å². The van der Waals surface area contributed by atoms with Crippen molar-refractivity contribution in [3.05, 3.63) is 81.9 Å². The molecule has 2 aromatic carbocycles. The Balaban J connectivity index is 1.72. The third-order valence-corrected chi connectivity index (χ3v) is 4.74. The summed E-state index contributed by atoms with van der Waals surface area (Å²) in [4.78, 5) is 0. The van der Waals surface area contributed by atoms with Crippen LogP contribution in [-0.4, -0.2) is 30.9 Å². The number of aromatic nitrogens is 5. The van der Waals surface area contributed by atoms with Crippen molar-refractivity contribution in [1.82, 2.24) is 24.7 Å². The van der Waals surface area contributed by atoms with Gasteiger partial charge in [0.25, 0.3) is 0 Å². The molecule has 4 aromatic rings. The SMILES string of the molecule is Cc1nn(-c2ccc(F)cc2)c(C)c1/C=N\n1c(-c2ccc(F)cc2)n[nH]c1=S. The predicted molar refractivity (Wildman–Crippen MR) is 109 cm³/mol. The first kappa shape index (κ1) is 18.9. The maximum Gasteiger partial charge on any atom is 0.216 e. The van der Waals surface area contributed by atoms with Crippen LogP contribution >= 0.6 is 12.2 Å². The molecule has 0 saturated carbocycles. The lowest BCUT2D eigenvalue weighted by Gasteiger charge is -2.04. The average molecular weight is 410 g/mol. The lowest BCUT2D eigenvalue weighted by Crippen LogP contribution is -2.00. The Labute approximate surface area is 170 Å². The highest BCUT2D eigenvalue weighted by Crippen LogP contribution is 2.19. The van der Waals surface area contributed by atoms with Crippen molar-refractivity contribution < 1.29 is 8.78 Å². The highest BCUT2D eigenvalue weighted by molar-refractivity contribution is 7.71. The van der Waals surface area contributed by atoms with Gasteiger partial charge in [-0.15, -0.1) is 0 Å². The summed E-state index contributed by atoms with van der Waals surface area (Å²) in [5.41, 5.74) is 3.83. The van der Waals surface area contributed by atoms with E-state index in [9.17, 15) is 8.78 Å². The largest absolute Gasteiger partial charge is 0.250 e. The molecule has 9 heteroatoms. The Hall–Kier alpha value is -3.46. The Bertz CT molecular complexity index is 1250. The molecule has 146 valence electrons. The van der Waals surface area contributed by atoms with E-state index < -0.39 is 0 Å². The van der Waals surface area contributed by atoms with Crippen molar-refractivity contribution in [2.75, 3.05) is 0 Å². The molecular weight excluding hydrogens is 394 g/mol. The molecule has 0 radical (unpaired) electrons. The van der Waals surface area contributed by atoms with Gasteiger partial charge in [0.2, 0.25) is 4.77 Å². The van der Waals surface area contributed by atoms with Gasteiger partial charge >= 0.3 is 0 Å². The minimum Gasteiger partial charge on any atom is -0.250 e. The molecule has 1 N–H and O–H groups in total. The van der Waals surface area contributed by atoms with Crippen molar-refractivity contribution in [2.24, 2.45) is 5.10 Å². The number of aryl methyl sites for hydroxylation is 1. The zero-order chi connectivity index (χ0) is 20.5. The third-order valence-electron chi connectivity index (χ3n) is 4.47. The topological polar surface area (TPSA) is 63.8 Å². The lowest BCUT2D eigenvalue weighted by molar-refractivity contribution is 0.626. The molecular formula is C20H16F2N6S. The number of aromatic amines is 1. The van der Waals surface area contributed by atoms with Crippen molar-refractivity contribution >= 4 is 18.4 Å². The number of benzene rings is 2. The Morgan fingerprint density at radius 1 is 1.00 bits per heavy atom. The van der Waals surface area contributed by atoms with E-state index in [1.54, 1.807) is 35.2 Å². The van der Waals surface area contributed by atoms with Crippen LogP contribution in [0.25, 0.3) is 17.1 Å². The highest BCUT2D eigenvalue weighted by atomic mass is 32.1. The van der Waals surface area contributed by atoms with E-state index in [0.717, 1.165) is 22.6 Å². The maximum absolute atomic E-state index is 13.2. The van der Waals surface area contributed by atoms with Crippen LogP contribution in [0.1, 0.15) is 17.0 Å². The summed E-state index contributed by atoms with van der Waals surface area (Å²) in [6.07, 6.45) is 1.65. The predicted octanol–water partition coefficient (Wildman–Crippen LogP) is 4.57. The van der Waals surface area contributed by atoms with Crippen LogP contribution in [-0.2, 0) is 0 Å². The van der Waals surface area contributed by atoms with E-state index in [2.05, 4.69) is 20.4 Å². The van der Waals surface area contributed by atoms with Crippen molar-refractivity contribution in [2.45, 2.75) is 13.8 Å². The van der Waals surface area contributed by atoms with E-state index in [4.69, 9.17) is 12.2 Å². The average Bonchev–Trinajstić information content (AvgIpc) is 3.21. The summed E-state index contributed by atoms with van der Waals surface area (Å²) in [7, 11) is 0. The van der Waals surface area contributed by atoms with Crippen LogP contribution < -0.4 is 0 Å². The molecule has 6 nitrogen and oxygen atoms in total. The zero-order valence-corrected chi connectivity index (χ0v) is 16.4. The molecule has 2 heterocycles. The van der Waals surface area contributed by atoms with Crippen LogP contribution in [0.5, 0.6) is 0 Å². The van der Waals surface area contributed by atoms with E-state index in [0.29, 0.717) is 16.2 Å². The summed E-state index contributed by atoms with van der Waals surface area (Å²) < 4.78 is 29.9. The second-order valence-corrected chi connectivity index (χ2v) is 6.78. The second-order valence-electron chi connectivity index (χ2n) is 6.39. The Kier molecular flexibility index (Phi) is 4.89. The quantitative estimate of drug-likeness (QED) is 0.396. The molecule has 0 amide bonds. The van der Waals surface area contributed by atoms with Gasteiger partial charge in [0.1, 0.15) is 11.6 Å². The van der Waals surface area contributed by atoms with Gasteiger partial charge in [-0.05, 0) is 74.6 Å². The standard InChI is InChI=1S/C20H16F2N6S/c1-12-18(13(2)27(26-12)17-9-7-16(22)8-10-17)11-23-28-19(24-25-20(28)29)14-3-5-15(21)6-4-14/h3-11H,1-2H3,(H,25,29)/b23-11-. The van der Waals surface area contributed by atoms with Crippen LogP contribution in [0, 0.1) is 30.3 Å². The fourth-order valence-electron chi connectivity index (χ4n) is 2.98. The molecule has 0 unspecified atom stereocenters. The van der Waals surface area contributed by atoms with Crippen LogP contribution in [0.15, 0.2) is 53.6 Å². The molecule has 0 aliphatic rings. The van der Waals surface area contributed by atoms with Crippen molar-refractivity contribution in [1.29, 1.82) is 0 Å². The molecule has 29 heavy (non-hydrogen) atoms. The van der Waals surface area contributed by atoms with Gasteiger partial charge in [-0.25, -0.2) is 18.6 Å². The van der Waals surface area contributed by atoms with Crippen molar-refractivity contribution in [3.8, 4) is 17.1 Å². The molecule has 2 aromatic heterocycles. The minimum absolute atomic E-state index is 0.306. The lowest BCUT2D eigenvalue weighted by atomic mass is 10.2. The molecule has 0 aliphatic heterocycles. The van der Waals surface area contributed by atoms with Crippen LogP contribution in [0.3, 0.4) is 0 Å². The minimum atomic E-state index is -0.336. The molecule has 0 fully saturated rings. The number of nitrogens with one attached hydrogen (secondary N) is 1. The van der Waals surface area contributed by atoms with Gasteiger partial charge in [0.15, 0.2) is 5.82 Å². The number of rotatable bonds is 4. The number of nitrogens with zero attached hydrogens (tertiary/aromatic N) is 5. The summed E-state index contributed by atoms with van der Waals surface area (Å²) in [5.74, 6) is -0.176. The highest BCUT2D eigenvalue weighted by Gasteiger charge is 2.13. The molecule has 0 bridgehead atoms. The summed E-state index contributed by atoms with van der Waals surface area (Å²) >= 11 is 5.27. The van der Waals surface area contributed by atoms with Gasteiger partial charge in [-0.2, -0.15) is 20.0 Å². The first-order valence-electron chi connectivity index (χ1n) is 8.74. The van der Waals surface area contributed by atoms with Crippen LogP contribution in [0.2, 0.25) is 0 Å². The fraction of sp³-hybridized carbons (Fsp3) is 0.100. The maximum atomic E-state index is 13.2. The number of hydrogen-bond acceptors (Lipinski definition) is 4. The normalized spacial score (nSPS) is 11.4. The number of hydrogen-bond donors (Lipinski definition) is 1. The van der Waals surface area contributed by atoms with Crippen LogP contribution in [0.4, 0.5) is 8.78 Å². The monoisotopic (exact) mass is 410 g/mol. The molecule has 0 spiro atoms. The Morgan fingerprint density at radius 3 is 2.28 bits per heavy atom. The van der Waals surface area contributed by atoms with E-state index in [-0.39, 0.29) is 11.6 Å². The molecule has 0 aliphatic carbocycles. The molecule has 0 saturated heterocycles. The molecule has 0 atom stereocenters. The van der Waals surface area contributed by atoms with E-state index in [1.165, 1.54) is 28.9 Å². The van der Waals surface area contributed by atoms with Gasteiger partial charge < -0.3 is 0 Å². The van der Waals surface area contributed by atoms with Gasteiger partial charge in [0, 0.05) is 11.1 Å². The van der Waals surface area contributed by atoms with Crippen molar-refractivity contribution in [3.63, 3.8) is 0 Å². The summed E-state index contributed by atoms with van der Waals surface area (Å²) in [6.45, 7) is 3.77. The first-order chi connectivity index (χ1) is 13.9. The van der Waals surface area contributed by atoms with Gasteiger partial charge in [0.05, 0.1) is 23.3 Å². The molecule has 4 rings (SSSR count). The first-order valence-corrected chi connectivity index (χ1v) is 9.15. The summed E-state index contributed by atoms with van der Waals surface area (Å²) in [5, 5.41) is 15.9. The number of H-pyrrole nitrogens is 1. The smallest absolute Gasteiger partial charge is 0.216 e. The zero-order valence-electron chi connectivity index (χ0n) is 15.6. The summed E-state index contributed by atoms with van der Waals surface area (Å²) in [6, 6.07) is 12.0. The van der Waals surface area contributed by atoms with E-state index >= 15 is 0 Å². The Morgan fingerprint density at radius 2 is 1.62 bits per heavy atom. The second kappa shape index (κ2) is 7.51.